The van der Waals surface area contributed by atoms with E-state index >= 15 is 0 Å². The number of hydrogen-bond acceptors (Lipinski definition) is 1. The molecule has 0 aromatic heterocycles. The fourth-order valence-corrected chi connectivity index (χ4v) is 0.987. The average Bonchev–Trinajstić information content (AvgIpc) is 2.18. The lowest BCUT2D eigenvalue weighted by molar-refractivity contribution is 0.818. The summed E-state index contributed by atoms with van der Waals surface area (Å²) in [6.45, 7) is 1.85. The van der Waals surface area contributed by atoms with Crippen molar-refractivity contribution in [2.75, 3.05) is 0 Å². The number of nitriles is 1. The van der Waals surface area contributed by atoms with E-state index in [4.69, 9.17) is 6.63 Å². The maximum Gasteiger partial charge on any atom is 0.0710 e. The summed E-state index contributed by atoms with van der Waals surface area (Å²) in [5, 5.41) is 8.80. The van der Waals surface area contributed by atoms with Crippen molar-refractivity contribution in [2.45, 2.75) is 19.2 Å². The van der Waals surface area contributed by atoms with E-state index in [0.717, 1.165) is 5.56 Å². The van der Waals surface area contributed by atoms with Crippen LogP contribution < -0.4 is 0 Å². The molecule has 0 aliphatic carbocycles. The molecule has 0 radical (unpaired) electrons. The lowest BCUT2D eigenvalue weighted by atomic mass is 9.99. The lowest BCUT2D eigenvalue weighted by Gasteiger charge is -2.03. The van der Waals surface area contributed by atoms with Crippen LogP contribution in [-0.4, -0.2) is 0 Å². The Kier molecular flexibility index (Phi) is 2.20. The van der Waals surface area contributed by atoms with Crippen LogP contribution in [0.2, 0.25) is 0 Å². The van der Waals surface area contributed by atoms with E-state index in [2.05, 4.69) is 0 Å². The molecule has 0 bridgehead atoms. The molecule has 0 N–H and O–H groups in total. The smallest absolute Gasteiger partial charge is 0.0710 e. The van der Waals surface area contributed by atoms with Gasteiger partial charge >= 0.3 is 0 Å². The highest BCUT2D eigenvalue weighted by atomic mass is 14.3. The Morgan fingerprint density at radius 1 is 1.55 bits per heavy atom. The van der Waals surface area contributed by atoms with Crippen LogP contribution in [0.4, 0.5) is 0 Å². The van der Waals surface area contributed by atoms with Gasteiger partial charge in [0.25, 0.3) is 0 Å². The summed E-state index contributed by atoms with van der Waals surface area (Å²) in [4.78, 5) is 0. The van der Waals surface area contributed by atoms with Crippen molar-refractivity contribution < 1.29 is 1.37 Å². The minimum atomic E-state index is -1.07. The van der Waals surface area contributed by atoms with E-state index < -0.39 is 5.89 Å². The summed E-state index contributed by atoms with van der Waals surface area (Å²) in [5.74, 6) is -1.07. The number of benzene rings is 1. The van der Waals surface area contributed by atoms with Gasteiger partial charge < -0.3 is 0 Å². The van der Waals surface area contributed by atoms with Crippen LogP contribution in [0.15, 0.2) is 30.3 Å². The first-order valence-electron chi connectivity index (χ1n) is 4.19. The predicted molar refractivity (Wildman–Crippen MR) is 45.1 cm³/mol. The molecule has 11 heavy (non-hydrogen) atoms. The first-order chi connectivity index (χ1) is 5.73. The van der Waals surface area contributed by atoms with Crippen molar-refractivity contribution in [2.24, 2.45) is 0 Å². The molecule has 0 aliphatic rings. The molecule has 1 atom stereocenters. The zero-order valence-corrected chi connectivity index (χ0v) is 6.54. The van der Waals surface area contributed by atoms with Gasteiger partial charge in [0.2, 0.25) is 0 Å². The molecular weight excluding hydrogens is 134 g/mol. The van der Waals surface area contributed by atoms with Crippen LogP contribution in [0.3, 0.4) is 0 Å². The van der Waals surface area contributed by atoms with Crippen molar-refractivity contribution in [3.05, 3.63) is 35.9 Å². The highest BCUT2D eigenvalue weighted by molar-refractivity contribution is 5.24. The van der Waals surface area contributed by atoms with Gasteiger partial charge in [-0.25, -0.2) is 0 Å². The average molecular weight is 146 g/mol. The summed E-state index contributed by atoms with van der Waals surface area (Å²) in [6.07, 6.45) is 0.521. The van der Waals surface area contributed by atoms with Crippen molar-refractivity contribution >= 4 is 0 Å². The van der Waals surface area contributed by atoms with Crippen molar-refractivity contribution in [3.8, 4) is 6.07 Å². The quantitative estimate of drug-likeness (QED) is 0.629. The summed E-state index contributed by atoms with van der Waals surface area (Å²) >= 11 is 0. The van der Waals surface area contributed by atoms with Crippen LogP contribution in [0.25, 0.3) is 0 Å². The molecule has 0 saturated heterocycles. The molecule has 0 amide bonds. The van der Waals surface area contributed by atoms with Crippen molar-refractivity contribution in [1.82, 2.24) is 0 Å². The zero-order valence-electron chi connectivity index (χ0n) is 7.54. The third-order valence-electron chi connectivity index (χ3n) is 1.61. The van der Waals surface area contributed by atoms with Crippen LogP contribution in [0, 0.1) is 11.3 Å². The van der Waals surface area contributed by atoms with E-state index in [-0.39, 0.29) is 0 Å². The van der Waals surface area contributed by atoms with Crippen molar-refractivity contribution in [1.29, 1.82) is 5.26 Å². The predicted octanol–water partition coefficient (Wildman–Crippen LogP) is 2.70. The molecule has 0 saturated carbocycles. The molecule has 0 aliphatic heterocycles. The van der Waals surface area contributed by atoms with E-state index in [1.54, 1.807) is 0 Å². The number of nitrogens with zero attached hydrogens (tertiary/aromatic N) is 1. The van der Waals surface area contributed by atoms with Gasteiger partial charge in [0.15, 0.2) is 0 Å². The molecule has 0 fully saturated rings. The summed E-state index contributed by atoms with van der Waals surface area (Å²) < 4.78 is 7.80. The Hall–Kier alpha value is -1.29. The Labute approximate surface area is 68.7 Å². The second kappa shape index (κ2) is 3.78. The van der Waals surface area contributed by atoms with Crippen LogP contribution >= 0.6 is 0 Å². The first kappa shape index (κ1) is 6.42. The molecule has 0 heterocycles. The van der Waals surface area contributed by atoms with Crippen LogP contribution in [-0.2, 0) is 0 Å². The topological polar surface area (TPSA) is 23.8 Å². The summed E-state index contributed by atoms with van der Waals surface area (Å²) in [5.41, 5.74) is 0.773. The van der Waals surface area contributed by atoms with Gasteiger partial charge in [-0.15, -0.1) is 0 Å². The van der Waals surface area contributed by atoms with E-state index in [0.29, 0.717) is 6.42 Å². The van der Waals surface area contributed by atoms with Gasteiger partial charge in [-0.05, 0) is 12.0 Å². The molecule has 56 valence electrons. The van der Waals surface area contributed by atoms with Crippen LogP contribution in [0.1, 0.15) is 26.2 Å². The van der Waals surface area contributed by atoms with Gasteiger partial charge in [-0.2, -0.15) is 5.26 Å². The lowest BCUT2D eigenvalue weighted by Crippen LogP contribution is -1.91. The molecular formula is C10H11N. The third kappa shape index (κ3) is 1.81. The molecule has 1 aromatic carbocycles. The Morgan fingerprint density at radius 2 is 2.18 bits per heavy atom. The maximum absolute atomic E-state index is 8.80. The van der Waals surface area contributed by atoms with Gasteiger partial charge in [-0.3, -0.25) is 0 Å². The van der Waals surface area contributed by atoms with E-state index in [1.165, 1.54) is 0 Å². The Balaban J connectivity index is 3.06. The minimum absolute atomic E-state index is 0.521. The number of hydrogen-bond donors (Lipinski definition) is 0. The fourth-order valence-electron chi connectivity index (χ4n) is 0.987. The van der Waals surface area contributed by atoms with E-state index in [1.807, 2.05) is 43.3 Å². The summed E-state index contributed by atoms with van der Waals surface area (Å²) in [6, 6.07) is 11.2. The molecule has 1 heteroatoms. The highest BCUT2D eigenvalue weighted by Gasteiger charge is 2.04. The molecule has 0 spiro atoms. The van der Waals surface area contributed by atoms with E-state index in [9.17, 15) is 0 Å². The standard InChI is InChI=1S/C10H11N/c1-2-9(8-11)10-6-4-3-5-7-10/h3-7,9H,2H2,1H3/t9-/m0/s1/i9D. The molecule has 1 nitrogen and oxygen atoms in total. The zero-order chi connectivity index (χ0) is 9.03. The number of rotatable bonds is 2. The highest BCUT2D eigenvalue weighted by Crippen LogP contribution is 2.16. The second-order valence-corrected chi connectivity index (χ2v) is 2.31. The first-order valence-corrected chi connectivity index (χ1v) is 3.69. The monoisotopic (exact) mass is 146 g/mol. The van der Waals surface area contributed by atoms with Gasteiger partial charge in [0.1, 0.15) is 0 Å². The normalized spacial score (nSPS) is 16.2. The SMILES string of the molecule is [2H][C@@](C#N)(CC)c1ccccc1. The minimum Gasteiger partial charge on any atom is -0.198 e. The molecule has 0 unspecified atom stereocenters. The van der Waals surface area contributed by atoms with Gasteiger partial charge in [0.05, 0.1) is 13.3 Å². The fraction of sp³-hybridized carbons (Fsp3) is 0.300. The maximum atomic E-state index is 8.80. The Bertz CT molecular complexity index is 288. The van der Waals surface area contributed by atoms with Gasteiger partial charge in [0, 0.05) is 0 Å². The largest absolute Gasteiger partial charge is 0.198 e. The second-order valence-electron chi connectivity index (χ2n) is 2.31. The van der Waals surface area contributed by atoms with Crippen molar-refractivity contribution in [3.63, 3.8) is 0 Å². The van der Waals surface area contributed by atoms with Gasteiger partial charge in [-0.1, -0.05) is 37.3 Å². The molecule has 1 aromatic rings. The molecule has 1 rings (SSSR count). The van der Waals surface area contributed by atoms with Crippen LogP contribution in [0.5, 0.6) is 0 Å². The Morgan fingerprint density at radius 3 is 2.64 bits per heavy atom. The third-order valence-corrected chi connectivity index (χ3v) is 1.61. The summed E-state index contributed by atoms with van der Waals surface area (Å²) in [7, 11) is 0.